The Morgan fingerprint density at radius 3 is 2.49 bits per heavy atom. The van der Waals surface area contributed by atoms with Crippen molar-refractivity contribution in [2.24, 2.45) is 10.7 Å². The minimum absolute atomic E-state index is 0.0122. The number of rotatable bonds is 17. The third-order valence-electron chi connectivity index (χ3n) is 6.01. The minimum Gasteiger partial charge on any atom is -0.491 e. The topological polar surface area (TPSA) is 116 Å². The molecule has 0 saturated carbocycles. The van der Waals surface area contributed by atoms with E-state index in [9.17, 15) is 4.79 Å². The molecule has 0 aliphatic carbocycles. The number of aliphatic imine (C=N–C) groups is 1. The van der Waals surface area contributed by atoms with Crippen LogP contribution in [0.25, 0.3) is 5.70 Å². The van der Waals surface area contributed by atoms with Crippen molar-refractivity contribution in [2.75, 3.05) is 71.3 Å². The molecule has 1 aliphatic rings. The third kappa shape index (κ3) is 10.3. The number of aliphatic hydroxyl groups is 1. The summed E-state index contributed by atoms with van der Waals surface area (Å²) in [5.41, 5.74) is 10.7. The summed E-state index contributed by atoms with van der Waals surface area (Å²) in [5, 5.41) is 8.65. The Labute approximate surface area is 235 Å². The van der Waals surface area contributed by atoms with Gasteiger partial charge in [-0.15, -0.1) is 0 Å². The van der Waals surface area contributed by atoms with E-state index >= 15 is 0 Å². The van der Waals surface area contributed by atoms with Gasteiger partial charge in [0, 0.05) is 36.2 Å². The van der Waals surface area contributed by atoms with E-state index in [0.717, 1.165) is 29.0 Å². The van der Waals surface area contributed by atoms with Crippen molar-refractivity contribution in [1.29, 1.82) is 0 Å². The first-order chi connectivity index (χ1) is 19.0. The molecule has 0 unspecified atom stereocenters. The van der Waals surface area contributed by atoms with Crippen LogP contribution in [0.5, 0.6) is 5.75 Å². The van der Waals surface area contributed by atoms with Gasteiger partial charge < -0.3 is 34.7 Å². The molecule has 0 bridgehead atoms. The van der Waals surface area contributed by atoms with E-state index in [1.165, 1.54) is 29.4 Å². The molecule has 39 heavy (non-hydrogen) atoms. The maximum Gasteiger partial charge on any atom is 0.197 e. The van der Waals surface area contributed by atoms with Crippen LogP contribution in [0.3, 0.4) is 0 Å². The fourth-order valence-corrected chi connectivity index (χ4v) is 5.00. The highest BCUT2D eigenvalue weighted by atomic mass is 32.2. The molecular formula is C29H39N3O6S. The summed E-state index contributed by atoms with van der Waals surface area (Å²) < 4.78 is 21.8. The van der Waals surface area contributed by atoms with E-state index in [1.807, 2.05) is 37.3 Å². The lowest BCUT2D eigenvalue weighted by molar-refractivity contribution is -0.110. The van der Waals surface area contributed by atoms with E-state index in [-0.39, 0.29) is 18.1 Å². The molecule has 0 aromatic heterocycles. The number of hydrogen-bond donors (Lipinski definition) is 2. The smallest absolute Gasteiger partial charge is 0.197 e. The number of ether oxygens (including phenoxy) is 4. The zero-order valence-electron chi connectivity index (χ0n) is 22.8. The standard InChI is InChI=1S/C29H39N3O6S/c1-22(29(31-21-30)25-6-7-27-24(20-25)8-9-32(27)2)39-28(34)19-23-4-3-5-26(18-23)38-17-16-37-15-14-36-13-12-35-11-10-33/h3-7,18,20-21,33H,8-17,19H2,1-2H3,(H2,30,31)/b29-22-. The number of anilines is 1. The zero-order valence-corrected chi connectivity index (χ0v) is 23.6. The molecule has 3 N–H and O–H groups in total. The number of benzene rings is 2. The van der Waals surface area contributed by atoms with Crippen LogP contribution in [0.1, 0.15) is 23.6 Å². The first-order valence-corrected chi connectivity index (χ1v) is 13.9. The Bertz CT molecular complexity index is 1120. The minimum atomic E-state index is 0.0122. The highest BCUT2D eigenvalue weighted by molar-refractivity contribution is 8.17. The molecule has 212 valence electrons. The van der Waals surface area contributed by atoms with Gasteiger partial charge in [0.25, 0.3) is 0 Å². The lowest BCUT2D eigenvalue weighted by Gasteiger charge is -2.13. The molecule has 2 aromatic rings. The fourth-order valence-electron chi connectivity index (χ4n) is 4.15. The largest absolute Gasteiger partial charge is 0.491 e. The molecule has 0 amide bonds. The second kappa shape index (κ2) is 16.9. The lowest BCUT2D eigenvalue weighted by atomic mass is 10.1. The quantitative estimate of drug-likeness (QED) is 0.172. The molecule has 9 nitrogen and oxygen atoms in total. The van der Waals surface area contributed by atoms with Crippen molar-refractivity contribution >= 4 is 34.6 Å². The van der Waals surface area contributed by atoms with Gasteiger partial charge in [0.15, 0.2) is 5.12 Å². The van der Waals surface area contributed by atoms with Crippen molar-refractivity contribution in [2.45, 2.75) is 19.8 Å². The summed E-state index contributed by atoms with van der Waals surface area (Å²) in [4.78, 5) is 20.3. The molecule has 0 atom stereocenters. The number of nitrogens with zero attached hydrogens (tertiary/aromatic N) is 2. The summed E-state index contributed by atoms with van der Waals surface area (Å²) in [7, 11) is 2.09. The van der Waals surface area contributed by atoms with Gasteiger partial charge in [-0.2, -0.15) is 0 Å². The average molecular weight is 558 g/mol. The molecule has 0 fully saturated rings. The summed E-state index contributed by atoms with van der Waals surface area (Å²) in [6.45, 7) is 5.89. The monoisotopic (exact) mass is 557 g/mol. The predicted molar refractivity (Wildman–Crippen MR) is 156 cm³/mol. The van der Waals surface area contributed by atoms with Crippen LogP contribution < -0.4 is 15.4 Å². The summed E-state index contributed by atoms with van der Waals surface area (Å²) in [6.07, 6.45) is 2.53. The number of fused-ring (bicyclic) bond motifs is 1. The van der Waals surface area contributed by atoms with Gasteiger partial charge in [-0.05, 0) is 48.7 Å². The van der Waals surface area contributed by atoms with Gasteiger partial charge >= 0.3 is 0 Å². The van der Waals surface area contributed by atoms with Gasteiger partial charge in [0.1, 0.15) is 12.4 Å². The van der Waals surface area contributed by atoms with Crippen molar-refractivity contribution in [3.8, 4) is 5.75 Å². The van der Waals surface area contributed by atoms with E-state index in [2.05, 4.69) is 29.1 Å². The number of aliphatic hydroxyl groups excluding tert-OH is 1. The zero-order chi connectivity index (χ0) is 27.9. The molecule has 2 aromatic carbocycles. The van der Waals surface area contributed by atoms with Gasteiger partial charge in [-0.3, -0.25) is 4.79 Å². The Morgan fingerprint density at radius 2 is 1.77 bits per heavy atom. The van der Waals surface area contributed by atoms with Crippen LogP contribution >= 0.6 is 11.8 Å². The van der Waals surface area contributed by atoms with Crippen molar-refractivity contribution in [1.82, 2.24) is 0 Å². The summed E-state index contributed by atoms with van der Waals surface area (Å²) in [6, 6.07) is 13.8. The van der Waals surface area contributed by atoms with Crippen LogP contribution in [0.2, 0.25) is 0 Å². The van der Waals surface area contributed by atoms with Gasteiger partial charge in [-0.25, -0.2) is 4.99 Å². The first-order valence-electron chi connectivity index (χ1n) is 13.1. The Balaban J connectivity index is 1.45. The van der Waals surface area contributed by atoms with E-state index < -0.39 is 0 Å². The highest BCUT2D eigenvalue weighted by Gasteiger charge is 2.18. The Hall–Kier alpha value is -2.89. The normalized spacial score (nSPS) is 13.6. The molecule has 1 aliphatic heterocycles. The van der Waals surface area contributed by atoms with Crippen LogP contribution in [-0.2, 0) is 31.8 Å². The number of nitrogens with two attached hydrogens (primary N) is 1. The van der Waals surface area contributed by atoms with Crippen LogP contribution in [0.4, 0.5) is 5.69 Å². The number of allylic oxidation sites excluding steroid dienone is 1. The Morgan fingerprint density at radius 1 is 1.05 bits per heavy atom. The highest BCUT2D eigenvalue weighted by Crippen LogP contribution is 2.34. The SMILES string of the molecule is C/C(SC(=O)Cc1cccc(OCCOCCOCCOCCO)c1)=C(/N=CN)c1ccc2c(c1)CCN2C. The maximum absolute atomic E-state index is 12.9. The number of carbonyl (C=O) groups excluding carboxylic acids is 1. The van der Waals surface area contributed by atoms with E-state index in [1.54, 1.807) is 0 Å². The van der Waals surface area contributed by atoms with Gasteiger partial charge in [-0.1, -0.05) is 30.0 Å². The fraction of sp³-hybridized carbons (Fsp3) is 0.448. The van der Waals surface area contributed by atoms with Crippen LogP contribution in [0.15, 0.2) is 52.4 Å². The average Bonchev–Trinajstić information content (AvgIpc) is 3.30. The van der Waals surface area contributed by atoms with Gasteiger partial charge in [0.2, 0.25) is 0 Å². The molecule has 10 heteroatoms. The molecule has 0 spiro atoms. The molecular weight excluding hydrogens is 518 g/mol. The molecule has 3 rings (SSSR count). The number of hydrogen-bond acceptors (Lipinski definition) is 9. The molecule has 0 saturated heterocycles. The van der Waals surface area contributed by atoms with Crippen molar-refractivity contribution in [3.63, 3.8) is 0 Å². The van der Waals surface area contributed by atoms with Crippen molar-refractivity contribution < 1.29 is 28.8 Å². The number of carbonyl (C=O) groups is 1. The summed E-state index contributed by atoms with van der Waals surface area (Å²) in [5.74, 6) is 0.690. The predicted octanol–water partition coefficient (Wildman–Crippen LogP) is 3.28. The van der Waals surface area contributed by atoms with E-state index in [0.29, 0.717) is 57.7 Å². The molecule has 0 radical (unpaired) electrons. The maximum atomic E-state index is 12.9. The van der Waals surface area contributed by atoms with Gasteiger partial charge in [0.05, 0.1) is 58.3 Å². The van der Waals surface area contributed by atoms with E-state index in [4.69, 9.17) is 29.8 Å². The number of thioether (sulfide) groups is 1. The first kappa shape index (κ1) is 30.6. The third-order valence-corrected chi connectivity index (χ3v) is 6.88. The second-order valence-electron chi connectivity index (χ2n) is 8.91. The molecule has 1 heterocycles. The lowest BCUT2D eigenvalue weighted by Crippen LogP contribution is -2.13. The van der Waals surface area contributed by atoms with Crippen LogP contribution in [-0.4, -0.2) is 83.0 Å². The van der Waals surface area contributed by atoms with Crippen molar-refractivity contribution in [3.05, 3.63) is 64.1 Å². The Kier molecular flexibility index (Phi) is 13.3. The van der Waals surface area contributed by atoms with Crippen LogP contribution in [0, 0.1) is 0 Å². The summed E-state index contributed by atoms with van der Waals surface area (Å²) >= 11 is 1.18. The second-order valence-corrected chi connectivity index (χ2v) is 10.2. The number of likely N-dealkylation sites (N-methyl/N-ethyl adjacent to an activating group) is 1.